The summed E-state index contributed by atoms with van der Waals surface area (Å²) in [7, 11) is -0.388. The molecule has 2 aromatic rings. The molecule has 7 nitrogen and oxygen atoms in total. The monoisotopic (exact) mass is 458 g/mol. The number of hydrogen-bond acceptors (Lipinski definition) is 5. The predicted molar refractivity (Wildman–Crippen MR) is 121 cm³/mol. The van der Waals surface area contributed by atoms with Gasteiger partial charge in [0.2, 0.25) is 15.9 Å². The molecule has 2 aromatic carbocycles. The summed E-state index contributed by atoms with van der Waals surface area (Å²) < 4.78 is 37.9. The number of piperidine rings is 1. The molecule has 0 aromatic heterocycles. The van der Waals surface area contributed by atoms with Crippen LogP contribution < -0.4 is 9.47 Å². The lowest BCUT2D eigenvalue weighted by atomic mass is 9.95. The quantitative estimate of drug-likeness (QED) is 0.663. The molecule has 1 amide bonds. The van der Waals surface area contributed by atoms with Gasteiger partial charge in [0.25, 0.3) is 0 Å². The smallest absolute Gasteiger partial charge is 0.243 e. The fourth-order valence-corrected chi connectivity index (χ4v) is 6.17. The van der Waals surface area contributed by atoms with Gasteiger partial charge in [0.15, 0.2) is 0 Å². The van der Waals surface area contributed by atoms with Gasteiger partial charge in [-0.3, -0.25) is 4.79 Å². The fraction of sp³-hybridized carbons (Fsp3) is 0.458. The van der Waals surface area contributed by atoms with Crippen molar-refractivity contribution in [3.05, 3.63) is 54.1 Å². The minimum absolute atomic E-state index is 0.0543. The number of rotatable bonds is 6. The third kappa shape index (κ3) is 4.47. The van der Waals surface area contributed by atoms with Crippen LogP contribution in [0.15, 0.2) is 53.4 Å². The van der Waals surface area contributed by atoms with Crippen LogP contribution in [0.1, 0.15) is 37.3 Å². The van der Waals surface area contributed by atoms with Gasteiger partial charge in [-0.15, -0.1) is 0 Å². The average molecular weight is 459 g/mol. The van der Waals surface area contributed by atoms with Crippen LogP contribution in [0.2, 0.25) is 0 Å². The summed E-state index contributed by atoms with van der Waals surface area (Å²) in [5.41, 5.74) is 1.09. The summed E-state index contributed by atoms with van der Waals surface area (Å²) >= 11 is 0. The van der Waals surface area contributed by atoms with E-state index in [0.29, 0.717) is 31.7 Å². The fourth-order valence-electron chi connectivity index (χ4n) is 4.70. The van der Waals surface area contributed by atoms with Gasteiger partial charge in [-0.2, -0.15) is 4.31 Å². The molecule has 4 rings (SSSR count). The normalized spacial score (nSPS) is 20.3. The highest BCUT2D eigenvalue weighted by Gasteiger charge is 2.37. The first-order valence-electron chi connectivity index (χ1n) is 11.0. The van der Waals surface area contributed by atoms with Crippen LogP contribution in [0, 0.1) is 5.92 Å². The van der Waals surface area contributed by atoms with Crippen LogP contribution >= 0.6 is 0 Å². The standard InChI is InChI=1S/C24H30N2O5S/c1-30-20-8-10-22(11-9-20)32(28,29)25-15-12-18(13-16-25)24(27)26-14-4-7-23(26)19-5-3-6-21(17-19)31-2/h3,5-6,8-11,17-18,23H,4,7,12-16H2,1-2H3/t23-/m1/s1. The summed E-state index contributed by atoms with van der Waals surface area (Å²) in [6.07, 6.45) is 2.98. The van der Waals surface area contributed by atoms with E-state index in [4.69, 9.17) is 9.47 Å². The van der Waals surface area contributed by atoms with Crippen LogP contribution in [-0.4, -0.2) is 57.4 Å². The first-order chi connectivity index (χ1) is 15.4. The second-order valence-corrected chi connectivity index (χ2v) is 10.3. The Labute approximate surface area is 190 Å². The lowest BCUT2D eigenvalue weighted by molar-refractivity contribution is -0.137. The van der Waals surface area contributed by atoms with Crippen molar-refractivity contribution in [1.82, 2.24) is 9.21 Å². The zero-order valence-corrected chi connectivity index (χ0v) is 19.4. The molecule has 0 saturated carbocycles. The second kappa shape index (κ2) is 9.50. The summed E-state index contributed by atoms with van der Waals surface area (Å²) in [4.78, 5) is 15.6. The summed E-state index contributed by atoms with van der Waals surface area (Å²) in [5.74, 6) is 1.39. The Hall–Kier alpha value is -2.58. The van der Waals surface area contributed by atoms with E-state index in [1.165, 1.54) is 4.31 Å². The van der Waals surface area contributed by atoms with Crippen molar-refractivity contribution in [2.24, 2.45) is 5.92 Å². The van der Waals surface area contributed by atoms with Gasteiger partial charge < -0.3 is 14.4 Å². The van der Waals surface area contributed by atoms with Crippen molar-refractivity contribution in [3.8, 4) is 11.5 Å². The molecule has 2 heterocycles. The van der Waals surface area contributed by atoms with Crippen molar-refractivity contribution in [1.29, 1.82) is 0 Å². The molecule has 8 heteroatoms. The Morgan fingerprint density at radius 1 is 0.906 bits per heavy atom. The SMILES string of the molecule is COc1ccc(S(=O)(=O)N2CCC(C(=O)N3CCC[C@@H]3c3cccc(OC)c3)CC2)cc1. The zero-order chi connectivity index (χ0) is 22.7. The second-order valence-electron chi connectivity index (χ2n) is 8.32. The number of sulfonamides is 1. The maximum atomic E-state index is 13.3. The largest absolute Gasteiger partial charge is 0.497 e. The number of hydrogen-bond donors (Lipinski definition) is 0. The molecule has 0 aliphatic carbocycles. The molecular formula is C24H30N2O5S. The van der Waals surface area contributed by atoms with Crippen molar-refractivity contribution in [2.75, 3.05) is 33.9 Å². The van der Waals surface area contributed by atoms with E-state index in [-0.39, 0.29) is 22.8 Å². The number of benzene rings is 2. The maximum absolute atomic E-state index is 13.3. The number of carbonyl (C=O) groups excluding carboxylic acids is 1. The highest BCUT2D eigenvalue weighted by Crippen LogP contribution is 2.36. The van der Waals surface area contributed by atoms with E-state index < -0.39 is 10.0 Å². The Balaban J connectivity index is 1.41. The van der Waals surface area contributed by atoms with Gasteiger partial charge in [0, 0.05) is 25.6 Å². The first kappa shape index (κ1) is 22.6. The molecule has 0 unspecified atom stereocenters. The summed E-state index contributed by atoms with van der Waals surface area (Å²) in [5, 5.41) is 0. The topological polar surface area (TPSA) is 76.2 Å². The van der Waals surface area contributed by atoms with E-state index in [1.54, 1.807) is 38.5 Å². The van der Waals surface area contributed by atoms with Gasteiger partial charge in [0.1, 0.15) is 11.5 Å². The van der Waals surface area contributed by atoms with E-state index in [0.717, 1.165) is 30.7 Å². The molecule has 0 N–H and O–H groups in total. The van der Waals surface area contributed by atoms with Crippen LogP contribution in [0.25, 0.3) is 0 Å². The van der Waals surface area contributed by atoms with E-state index in [1.807, 2.05) is 29.2 Å². The van der Waals surface area contributed by atoms with Gasteiger partial charge in [0.05, 0.1) is 25.2 Å². The van der Waals surface area contributed by atoms with Gasteiger partial charge >= 0.3 is 0 Å². The molecule has 0 bridgehead atoms. The molecule has 32 heavy (non-hydrogen) atoms. The van der Waals surface area contributed by atoms with Crippen LogP contribution in [-0.2, 0) is 14.8 Å². The van der Waals surface area contributed by atoms with Gasteiger partial charge in [-0.05, 0) is 67.6 Å². The number of methoxy groups -OCH3 is 2. The Morgan fingerprint density at radius 3 is 2.25 bits per heavy atom. The van der Waals surface area contributed by atoms with Crippen molar-refractivity contribution in [3.63, 3.8) is 0 Å². The molecule has 2 aliphatic heterocycles. The number of amides is 1. The predicted octanol–water partition coefficient (Wildman–Crippen LogP) is 3.47. The Kier molecular flexibility index (Phi) is 6.71. The minimum atomic E-state index is -3.58. The number of nitrogens with zero attached hydrogens (tertiary/aromatic N) is 2. The lowest BCUT2D eigenvalue weighted by Gasteiger charge is -2.34. The molecule has 2 aliphatic rings. The molecule has 2 fully saturated rings. The Morgan fingerprint density at radius 2 is 1.59 bits per heavy atom. The van der Waals surface area contributed by atoms with Crippen LogP contribution in [0.5, 0.6) is 11.5 Å². The molecule has 1 atom stereocenters. The third-order valence-electron chi connectivity index (χ3n) is 6.51. The zero-order valence-electron chi connectivity index (χ0n) is 18.6. The van der Waals surface area contributed by atoms with E-state index in [2.05, 4.69) is 0 Å². The average Bonchev–Trinajstić information content (AvgIpc) is 3.34. The van der Waals surface area contributed by atoms with Crippen LogP contribution in [0.4, 0.5) is 0 Å². The molecule has 0 spiro atoms. The lowest BCUT2D eigenvalue weighted by Crippen LogP contribution is -2.44. The minimum Gasteiger partial charge on any atom is -0.497 e. The third-order valence-corrected chi connectivity index (χ3v) is 8.43. The molecule has 0 radical (unpaired) electrons. The summed E-state index contributed by atoms with van der Waals surface area (Å²) in [6.45, 7) is 1.44. The number of ether oxygens (including phenoxy) is 2. The van der Waals surface area contributed by atoms with Crippen molar-refractivity contribution in [2.45, 2.75) is 36.6 Å². The van der Waals surface area contributed by atoms with E-state index in [9.17, 15) is 13.2 Å². The van der Waals surface area contributed by atoms with Gasteiger partial charge in [-0.1, -0.05) is 12.1 Å². The van der Waals surface area contributed by atoms with Crippen LogP contribution in [0.3, 0.4) is 0 Å². The van der Waals surface area contributed by atoms with E-state index >= 15 is 0 Å². The maximum Gasteiger partial charge on any atom is 0.243 e. The highest BCUT2D eigenvalue weighted by atomic mass is 32.2. The first-order valence-corrected chi connectivity index (χ1v) is 12.5. The number of likely N-dealkylation sites (tertiary alicyclic amines) is 1. The van der Waals surface area contributed by atoms with Gasteiger partial charge in [-0.25, -0.2) is 8.42 Å². The molecule has 172 valence electrons. The molecular weight excluding hydrogens is 428 g/mol. The Bertz CT molecular complexity index is 1050. The van der Waals surface area contributed by atoms with Crippen molar-refractivity contribution < 1.29 is 22.7 Å². The highest BCUT2D eigenvalue weighted by molar-refractivity contribution is 7.89. The summed E-state index contributed by atoms with van der Waals surface area (Å²) in [6, 6.07) is 14.4. The number of carbonyl (C=O) groups is 1. The molecule has 2 saturated heterocycles. The van der Waals surface area contributed by atoms with Crippen molar-refractivity contribution >= 4 is 15.9 Å².